The van der Waals surface area contributed by atoms with Crippen molar-refractivity contribution in [2.45, 2.75) is 32.7 Å². The van der Waals surface area contributed by atoms with E-state index in [4.69, 9.17) is 5.73 Å². The highest BCUT2D eigenvalue weighted by Crippen LogP contribution is 2.33. The lowest BCUT2D eigenvalue weighted by Gasteiger charge is -2.23. The Morgan fingerprint density at radius 1 is 1.33 bits per heavy atom. The first-order chi connectivity index (χ1) is 8.63. The first-order valence-corrected chi connectivity index (χ1v) is 6.70. The van der Waals surface area contributed by atoms with Gasteiger partial charge in [-0.25, -0.2) is 0 Å². The van der Waals surface area contributed by atoms with E-state index in [-0.39, 0.29) is 11.8 Å². The summed E-state index contributed by atoms with van der Waals surface area (Å²) >= 11 is 0. The second kappa shape index (κ2) is 5.53. The summed E-state index contributed by atoms with van der Waals surface area (Å²) in [7, 11) is 1.87. The van der Waals surface area contributed by atoms with Crippen molar-refractivity contribution in [2.75, 3.05) is 11.9 Å². The largest absolute Gasteiger partial charge is 0.326 e. The van der Waals surface area contributed by atoms with Crippen LogP contribution in [0.5, 0.6) is 0 Å². The molecule has 3 heteroatoms. The standard InChI is InChI=1S/C15H22N2O/c1-11-4-3-5-14(11)15(18)17(2)13-8-6-12(10-16)7-9-13/h6-9,11,14H,3-5,10,16H2,1-2H3. The Hall–Kier alpha value is -1.35. The Labute approximate surface area is 109 Å². The van der Waals surface area contributed by atoms with Crippen molar-refractivity contribution in [1.82, 2.24) is 0 Å². The molecule has 2 unspecified atom stereocenters. The highest BCUT2D eigenvalue weighted by atomic mass is 16.2. The van der Waals surface area contributed by atoms with Gasteiger partial charge in [-0.3, -0.25) is 4.79 Å². The minimum Gasteiger partial charge on any atom is -0.326 e. The van der Waals surface area contributed by atoms with Gasteiger partial charge < -0.3 is 10.6 Å². The van der Waals surface area contributed by atoms with E-state index < -0.39 is 0 Å². The van der Waals surface area contributed by atoms with Crippen LogP contribution in [0, 0.1) is 11.8 Å². The van der Waals surface area contributed by atoms with Crippen LogP contribution in [-0.4, -0.2) is 13.0 Å². The summed E-state index contributed by atoms with van der Waals surface area (Å²) in [6.45, 7) is 2.72. The Morgan fingerprint density at radius 2 is 2.00 bits per heavy atom. The van der Waals surface area contributed by atoms with E-state index in [0.717, 1.165) is 17.7 Å². The number of nitrogens with two attached hydrogens (primary N) is 1. The number of hydrogen-bond donors (Lipinski definition) is 1. The Morgan fingerprint density at radius 3 is 2.50 bits per heavy atom. The number of nitrogens with zero attached hydrogens (tertiary/aromatic N) is 1. The van der Waals surface area contributed by atoms with E-state index in [1.165, 1.54) is 12.8 Å². The monoisotopic (exact) mass is 246 g/mol. The van der Waals surface area contributed by atoms with Gasteiger partial charge in [0.25, 0.3) is 0 Å². The SMILES string of the molecule is CC1CCCC1C(=O)N(C)c1ccc(CN)cc1. The summed E-state index contributed by atoms with van der Waals surface area (Å²) in [5.41, 5.74) is 7.62. The van der Waals surface area contributed by atoms with Crippen LogP contribution in [0.1, 0.15) is 31.7 Å². The number of amides is 1. The van der Waals surface area contributed by atoms with Crippen molar-refractivity contribution in [2.24, 2.45) is 17.6 Å². The molecule has 2 atom stereocenters. The van der Waals surface area contributed by atoms with Gasteiger partial charge in [0.2, 0.25) is 5.91 Å². The lowest BCUT2D eigenvalue weighted by atomic mass is 9.96. The molecule has 18 heavy (non-hydrogen) atoms. The summed E-state index contributed by atoms with van der Waals surface area (Å²) in [6.07, 6.45) is 3.39. The molecule has 0 aliphatic heterocycles. The quantitative estimate of drug-likeness (QED) is 0.891. The van der Waals surface area contributed by atoms with Gasteiger partial charge in [0, 0.05) is 25.2 Å². The van der Waals surface area contributed by atoms with Gasteiger partial charge in [-0.15, -0.1) is 0 Å². The Bertz CT molecular complexity index is 413. The van der Waals surface area contributed by atoms with E-state index in [1.54, 1.807) is 4.90 Å². The van der Waals surface area contributed by atoms with Gasteiger partial charge in [0.1, 0.15) is 0 Å². The topological polar surface area (TPSA) is 46.3 Å². The fraction of sp³-hybridized carbons (Fsp3) is 0.533. The molecule has 0 radical (unpaired) electrons. The number of anilines is 1. The van der Waals surface area contributed by atoms with Crippen molar-refractivity contribution < 1.29 is 4.79 Å². The average Bonchev–Trinajstić information content (AvgIpc) is 2.83. The highest BCUT2D eigenvalue weighted by Gasteiger charge is 2.31. The summed E-state index contributed by atoms with van der Waals surface area (Å²) in [4.78, 5) is 14.2. The average molecular weight is 246 g/mol. The third-order valence-corrected chi connectivity index (χ3v) is 4.07. The van der Waals surface area contributed by atoms with Crippen LogP contribution in [0.3, 0.4) is 0 Å². The number of carbonyl (C=O) groups excluding carboxylic acids is 1. The normalized spacial score (nSPS) is 23.1. The zero-order valence-corrected chi connectivity index (χ0v) is 11.2. The van der Waals surface area contributed by atoms with E-state index >= 15 is 0 Å². The fourth-order valence-electron chi connectivity index (χ4n) is 2.74. The number of benzene rings is 1. The third kappa shape index (κ3) is 2.56. The molecule has 2 N–H and O–H groups in total. The zero-order valence-electron chi connectivity index (χ0n) is 11.2. The van der Waals surface area contributed by atoms with E-state index in [1.807, 2.05) is 31.3 Å². The van der Waals surface area contributed by atoms with Gasteiger partial charge in [0.15, 0.2) is 0 Å². The summed E-state index contributed by atoms with van der Waals surface area (Å²) in [5, 5.41) is 0. The molecular formula is C15H22N2O. The maximum atomic E-state index is 12.4. The van der Waals surface area contributed by atoms with E-state index in [9.17, 15) is 4.79 Å². The minimum absolute atomic E-state index is 0.198. The molecule has 0 heterocycles. The molecule has 0 bridgehead atoms. The molecule has 2 rings (SSSR count). The number of hydrogen-bond acceptors (Lipinski definition) is 2. The molecule has 1 fully saturated rings. The van der Waals surface area contributed by atoms with Crippen molar-refractivity contribution in [1.29, 1.82) is 0 Å². The highest BCUT2D eigenvalue weighted by molar-refractivity contribution is 5.94. The van der Waals surface area contributed by atoms with Gasteiger partial charge in [-0.2, -0.15) is 0 Å². The summed E-state index contributed by atoms with van der Waals surface area (Å²) in [5.74, 6) is 0.966. The minimum atomic E-state index is 0.198. The maximum Gasteiger partial charge on any atom is 0.230 e. The lowest BCUT2D eigenvalue weighted by Crippen LogP contribution is -2.34. The Balaban J connectivity index is 2.09. The molecule has 0 saturated heterocycles. The van der Waals surface area contributed by atoms with Gasteiger partial charge >= 0.3 is 0 Å². The van der Waals surface area contributed by atoms with Crippen LogP contribution in [0.25, 0.3) is 0 Å². The first-order valence-electron chi connectivity index (χ1n) is 6.70. The Kier molecular flexibility index (Phi) is 4.02. The lowest BCUT2D eigenvalue weighted by molar-refractivity contribution is -0.122. The van der Waals surface area contributed by atoms with Crippen LogP contribution in [-0.2, 0) is 11.3 Å². The van der Waals surface area contributed by atoms with Crippen molar-refractivity contribution in [3.05, 3.63) is 29.8 Å². The second-order valence-electron chi connectivity index (χ2n) is 5.28. The molecule has 3 nitrogen and oxygen atoms in total. The van der Waals surface area contributed by atoms with Crippen LogP contribution in [0.4, 0.5) is 5.69 Å². The fourth-order valence-corrected chi connectivity index (χ4v) is 2.74. The second-order valence-corrected chi connectivity index (χ2v) is 5.28. The molecule has 1 aromatic rings. The van der Waals surface area contributed by atoms with E-state index in [2.05, 4.69) is 6.92 Å². The molecule has 1 saturated carbocycles. The molecule has 1 amide bonds. The van der Waals surface area contributed by atoms with Crippen LogP contribution < -0.4 is 10.6 Å². The smallest absolute Gasteiger partial charge is 0.230 e. The molecule has 98 valence electrons. The zero-order chi connectivity index (χ0) is 13.1. The van der Waals surface area contributed by atoms with Crippen LogP contribution >= 0.6 is 0 Å². The van der Waals surface area contributed by atoms with Crippen LogP contribution in [0.15, 0.2) is 24.3 Å². The van der Waals surface area contributed by atoms with Gasteiger partial charge in [-0.05, 0) is 36.5 Å². The van der Waals surface area contributed by atoms with Crippen LogP contribution in [0.2, 0.25) is 0 Å². The van der Waals surface area contributed by atoms with E-state index in [0.29, 0.717) is 12.5 Å². The van der Waals surface area contributed by atoms with Crippen molar-refractivity contribution in [3.63, 3.8) is 0 Å². The van der Waals surface area contributed by atoms with Gasteiger partial charge in [0.05, 0.1) is 0 Å². The van der Waals surface area contributed by atoms with Crippen molar-refractivity contribution in [3.8, 4) is 0 Å². The molecule has 0 spiro atoms. The molecule has 1 aromatic carbocycles. The van der Waals surface area contributed by atoms with Gasteiger partial charge in [-0.1, -0.05) is 25.5 Å². The molecule has 1 aliphatic carbocycles. The van der Waals surface area contributed by atoms with Crippen molar-refractivity contribution >= 4 is 11.6 Å². The predicted octanol–water partition coefficient (Wildman–Crippen LogP) is 2.54. The number of rotatable bonds is 3. The number of carbonyl (C=O) groups is 1. The first kappa shape index (κ1) is 13.1. The molecular weight excluding hydrogens is 224 g/mol. The summed E-state index contributed by atoms with van der Waals surface area (Å²) < 4.78 is 0. The summed E-state index contributed by atoms with van der Waals surface area (Å²) in [6, 6.07) is 7.91. The predicted molar refractivity (Wildman–Crippen MR) is 74.2 cm³/mol. The molecule has 0 aromatic heterocycles. The molecule has 1 aliphatic rings. The maximum absolute atomic E-state index is 12.4. The third-order valence-electron chi connectivity index (χ3n) is 4.07.